The second kappa shape index (κ2) is 8.03. The molecule has 14 heavy (non-hydrogen) atoms. The van der Waals surface area contributed by atoms with E-state index in [1.165, 1.54) is 11.8 Å². The Labute approximate surface area is 87.4 Å². The van der Waals surface area contributed by atoms with Gasteiger partial charge in [0, 0.05) is 6.42 Å². The van der Waals surface area contributed by atoms with Crippen molar-refractivity contribution in [2.45, 2.75) is 38.4 Å². The van der Waals surface area contributed by atoms with E-state index in [0.29, 0.717) is 12.4 Å². The van der Waals surface area contributed by atoms with Crippen molar-refractivity contribution in [3.63, 3.8) is 0 Å². The molecule has 0 saturated carbocycles. The highest BCUT2D eigenvalue weighted by Gasteiger charge is 2.15. The van der Waals surface area contributed by atoms with Crippen molar-refractivity contribution in [3.8, 4) is 0 Å². The molecule has 0 spiro atoms. The average Bonchev–Trinajstić information content (AvgIpc) is 2.13. The Morgan fingerprint density at radius 1 is 1.50 bits per heavy atom. The molecule has 1 unspecified atom stereocenters. The predicted molar refractivity (Wildman–Crippen MR) is 53.8 cm³/mol. The lowest BCUT2D eigenvalue weighted by Crippen LogP contribution is -2.18. The Kier molecular flexibility index (Phi) is 7.84. The lowest BCUT2D eigenvalue weighted by atomic mass is 10.5. The normalized spacial score (nSPS) is 12.9. The number of carbonyl (C=O) groups excluding carboxylic acids is 1. The Morgan fingerprint density at radius 3 is 2.64 bits per heavy atom. The van der Waals surface area contributed by atoms with E-state index >= 15 is 0 Å². The van der Waals surface area contributed by atoms with Gasteiger partial charge in [-0.3, -0.25) is 4.79 Å². The maximum Gasteiger partial charge on any atom is 0.318 e. The molecule has 0 amide bonds. The number of rotatable bonds is 7. The molecule has 0 aliphatic heterocycles. The summed E-state index contributed by atoms with van der Waals surface area (Å²) in [5.74, 6) is -0.0221. The highest BCUT2D eigenvalue weighted by atomic mass is 32.2. The largest absolute Gasteiger partial charge is 0.465 e. The smallest absolute Gasteiger partial charge is 0.318 e. The predicted octanol–water partition coefficient (Wildman–Crippen LogP) is 2.72. The lowest BCUT2D eigenvalue weighted by molar-refractivity contribution is -0.142. The van der Waals surface area contributed by atoms with Gasteiger partial charge in [-0.2, -0.15) is 0 Å². The second-order valence-corrected chi connectivity index (χ2v) is 4.31. The van der Waals surface area contributed by atoms with Gasteiger partial charge in [0.1, 0.15) is 0 Å². The standard InChI is InChI=1S/C9H16F2O2S/c1-3-5-13-9(12)7(2)14-6-4-8(10)11/h7-8H,3-6H2,1-2H3. The van der Waals surface area contributed by atoms with Gasteiger partial charge >= 0.3 is 5.97 Å². The van der Waals surface area contributed by atoms with Crippen molar-refractivity contribution >= 4 is 17.7 Å². The monoisotopic (exact) mass is 226 g/mol. The molecule has 0 bridgehead atoms. The summed E-state index contributed by atoms with van der Waals surface area (Å²) in [5.41, 5.74) is 0. The van der Waals surface area contributed by atoms with Crippen LogP contribution in [0.5, 0.6) is 0 Å². The maximum atomic E-state index is 11.8. The van der Waals surface area contributed by atoms with Crippen LogP contribution in [0.25, 0.3) is 0 Å². The van der Waals surface area contributed by atoms with Crippen molar-refractivity contribution < 1.29 is 18.3 Å². The van der Waals surface area contributed by atoms with E-state index in [4.69, 9.17) is 4.74 Å². The second-order valence-electron chi connectivity index (χ2n) is 2.86. The van der Waals surface area contributed by atoms with Crippen LogP contribution in [0.2, 0.25) is 0 Å². The van der Waals surface area contributed by atoms with Crippen LogP contribution in [0, 0.1) is 0 Å². The Balaban J connectivity index is 3.51. The molecule has 2 nitrogen and oxygen atoms in total. The van der Waals surface area contributed by atoms with Gasteiger partial charge in [-0.15, -0.1) is 11.8 Å². The SMILES string of the molecule is CCCOC(=O)C(C)SCCC(F)F. The first kappa shape index (κ1) is 13.7. The molecule has 0 aliphatic rings. The molecule has 84 valence electrons. The molecule has 5 heteroatoms. The Bertz CT molecular complexity index is 165. The van der Waals surface area contributed by atoms with Gasteiger partial charge in [0.05, 0.1) is 11.9 Å². The molecule has 0 aromatic heterocycles. The number of alkyl halides is 2. The van der Waals surface area contributed by atoms with E-state index in [2.05, 4.69) is 0 Å². The number of ether oxygens (including phenoxy) is 1. The number of esters is 1. The van der Waals surface area contributed by atoms with Gasteiger partial charge in [-0.25, -0.2) is 8.78 Å². The van der Waals surface area contributed by atoms with Gasteiger partial charge in [-0.1, -0.05) is 6.92 Å². The summed E-state index contributed by atoms with van der Waals surface area (Å²) >= 11 is 1.21. The van der Waals surface area contributed by atoms with E-state index in [-0.39, 0.29) is 17.6 Å². The van der Waals surface area contributed by atoms with Gasteiger partial charge in [0.15, 0.2) is 0 Å². The van der Waals surface area contributed by atoms with Gasteiger partial charge in [0.2, 0.25) is 6.43 Å². The van der Waals surface area contributed by atoms with Crippen molar-refractivity contribution in [1.29, 1.82) is 0 Å². The van der Waals surface area contributed by atoms with Crippen LogP contribution in [-0.2, 0) is 9.53 Å². The van der Waals surface area contributed by atoms with Gasteiger partial charge < -0.3 is 4.74 Å². The zero-order valence-electron chi connectivity index (χ0n) is 8.46. The van der Waals surface area contributed by atoms with Gasteiger partial charge in [-0.05, 0) is 19.1 Å². The van der Waals surface area contributed by atoms with Crippen LogP contribution in [-0.4, -0.2) is 30.0 Å². The Hall–Kier alpha value is -0.320. The molecule has 0 radical (unpaired) electrons. The van der Waals surface area contributed by atoms with Crippen LogP contribution < -0.4 is 0 Å². The van der Waals surface area contributed by atoms with Crippen LogP contribution in [0.1, 0.15) is 26.7 Å². The number of carbonyl (C=O) groups is 1. The van der Waals surface area contributed by atoms with E-state index in [9.17, 15) is 13.6 Å². The van der Waals surface area contributed by atoms with Crippen LogP contribution in [0.15, 0.2) is 0 Å². The summed E-state index contributed by atoms with van der Waals surface area (Å²) in [6.07, 6.45) is -1.68. The van der Waals surface area contributed by atoms with E-state index < -0.39 is 6.43 Å². The summed E-state index contributed by atoms with van der Waals surface area (Å²) in [7, 11) is 0. The van der Waals surface area contributed by atoms with Crippen LogP contribution in [0.4, 0.5) is 8.78 Å². The summed E-state index contributed by atoms with van der Waals surface area (Å²) in [5, 5.41) is -0.347. The summed E-state index contributed by atoms with van der Waals surface area (Å²) < 4.78 is 28.4. The first-order chi connectivity index (χ1) is 6.57. The third-order valence-electron chi connectivity index (χ3n) is 1.48. The summed E-state index contributed by atoms with van der Waals surface area (Å²) in [6, 6.07) is 0. The fourth-order valence-electron chi connectivity index (χ4n) is 0.722. The third kappa shape index (κ3) is 7.12. The minimum atomic E-state index is -2.29. The zero-order chi connectivity index (χ0) is 11.0. The molecule has 1 atom stereocenters. The van der Waals surface area contributed by atoms with Crippen LogP contribution >= 0.6 is 11.8 Å². The zero-order valence-corrected chi connectivity index (χ0v) is 9.28. The van der Waals surface area contributed by atoms with Crippen molar-refractivity contribution in [3.05, 3.63) is 0 Å². The topological polar surface area (TPSA) is 26.3 Å². The number of hydrogen-bond acceptors (Lipinski definition) is 3. The fourth-order valence-corrected chi connectivity index (χ4v) is 1.59. The molecule has 0 aromatic rings. The van der Waals surface area contributed by atoms with Crippen LogP contribution in [0.3, 0.4) is 0 Å². The summed E-state index contributed by atoms with van der Waals surface area (Å²) in [6.45, 7) is 3.98. The minimum absolute atomic E-state index is 0.171. The number of thioether (sulfide) groups is 1. The number of halogens is 2. The molecule has 0 heterocycles. The average molecular weight is 226 g/mol. The molecule has 0 aromatic carbocycles. The lowest BCUT2D eigenvalue weighted by Gasteiger charge is -2.10. The number of hydrogen-bond donors (Lipinski definition) is 0. The molecule has 0 saturated heterocycles. The van der Waals surface area contributed by atoms with Crippen molar-refractivity contribution in [2.75, 3.05) is 12.4 Å². The van der Waals surface area contributed by atoms with Crippen molar-refractivity contribution in [2.24, 2.45) is 0 Å². The van der Waals surface area contributed by atoms with E-state index in [0.717, 1.165) is 6.42 Å². The molecular formula is C9H16F2O2S. The first-order valence-electron chi connectivity index (χ1n) is 4.64. The third-order valence-corrected chi connectivity index (χ3v) is 2.65. The molecule has 0 fully saturated rings. The molecular weight excluding hydrogens is 210 g/mol. The van der Waals surface area contributed by atoms with Gasteiger partial charge in [0.25, 0.3) is 0 Å². The maximum absolute atomic E-state index is 11.8. The highest BCUT2D eigenvalue weighted by molar-refractivity contribution is 8.00. The van der Waals surface area contributed by atoms with Crippen molar-refractivity contribution in [1.82, 2.24) is 0 Å². The fraction of sp³-hybridized carbons (Fsp3) is 0.889. The highest BCUT2D eigenvalue weighted by Crippen LogP contribution is 2.15. The summed E-state index contributed by atoms with van der Waals surface area (Å²) in [4.78, 5) is 11.1. The quantitative estimate of drug-likeness (QED) is 0.624. The molecule has 0 rings (SSSR count). The van der Waals surface area contributed by atoms with E-state index in [1.54, 1.807) is 6.92 Å². The molecule has 0 N–H and O–H groups in total. The molecule has 0 aliphatic carbocycles. The van der Waals surface area contributed by atoms with E-state index in [1.807, 2.05) is 6.92 Å². The Morgan fingerprint density at radius 2 is 2.14 bits per heavy atom. The first-order valence-corrected chi connectivity index (χ1v) is 5.69. The minimum Gasteiger partial charge on any atom is -0.465 e.